The Bertz CT molecular complexity index is 1270. The number of aryl methyl sites for hydroxylation is 1. The summed E-state index contributed by atoms with van der Waals surface area (Å²) in [7, 11) is 0. The van der Waals surface area contributed by atoms with Gasteiger partial charge >= 0.3 is 0 Å². The van der Waals surface area contributed by atoms with Crippen molar-refractivity contribution in [2.24, 2.45) is 0 Å². The smallest absolute Gasteiger partial charge is 0.213 e. The highest BCUT2D eigenvalue weighted by Crippen LogP contribution is 2.48. The summed E-state index contributed by atoms with van der Waals surface area (Å²) in [4.78, 5) is 5.89. The molecule has 1 aliphatic heterocycles. The van der Waals surface area contributed by atoms with E-state index >= 15 is 0 Å². The summed E-state index contributed by atoms with van der Waals surface area (Å²) in [6.45, 7) is 2.13. The first-order valence-electron chi connectivity index (χ1n) is 9.82. The molecule has 6 rings (SSSR count). The predicted octanol–water partition coefficient (Wildman–Crippen LogP) is 7.70. The minimum absolute atomic E-state index is 0.226. The average Bonchev–Trinajstić information content (AvgIpc) is 3.23. The van der Waals surface area contributed by atoms with Gasteiger partial charge in [-0.15, -0.1) is 11.3 Å². The van der Waals surface area contributed by atoms with Crippen molar-refractivity contribution in [3.63, 3.8) is 0 Å². The van der Waals surface area contributed by atoms with Crippen LogP contribution >= 0.6 is 38.9 Å². The zero-order valence-corrected chi connectivity index (χ0v) is 18.9. The quantitative estimate of drug-likeness (QED) is 0.291. The number of nitrogens with zero attached hydrogens (tertiary/aromatic N) is 2. The van der Waals surface area contributed by atoms with Crippen molar-refractivity contribution in [2.45, 2.75) is 38.3 Å². The first-order chi connectivity index (χ1) is 14.1. The topological polar surface area (TPSA) is 27.1 Å². The number of hydrogen-bond donors (Lipinski definition) is 0. The molecule has 29 heavy (non-hydrogen) atoms. The maximum atomic E-state index is 6.62. The van der Waals surface area contributed by atoms with Gasteiger partial charge in [-0.25, -0.2) is 4.98 Å². The fourth-order valence-corrected chi connectivity index (χ4v) is 6.24. The molecule has 0 saturated heterocycles. The van der Waals surface area contributed by atoms with Crippen LogP contribution < -0.4 is 4.74 Å². The lowest BCUT2D eigenvalue weighted by Gasteiger charge is -2.30. The normalized spacial score (nSPS) is 18.2. The van der Waals surface area contributed by atoms with E-state index in [0.717, 1.165) is 42.3 Å². The lowest BCUT2D eigenvalue weighted by atomic mass is 9.86. The van der Waals surface area contributed by atoms with Crippen molar-refractivity contribution in [1.29, 1.82) is 0 Å². The van der Waals surface area contributed by atoms with Gasteiger partial charge in [0.25, 0.3) is 0 Å². The molecule has 2 aromatic carbocycles. The first kappa shape index (κ1) is 18.0. The molecule has 3 heterocycles. The molecule has 1 unspecified atom stereocenters. The van der Waals surface area contributed by atoms with E-state index in [1.165, 1.54) is 29.8 Å². The van der Waals surface area contributed by atoms with Crippen LogP contribution in [0.5, 0.6) is 5.75 Å². The number of aromatic nitrogens is 2. The van der Waals surface area contributed by atoms with E-state index in [0.29, 0.717) is 5.92 Å². The molecule has 0 spiro atoms. The van der Waals surface area contributed by atoms with Crippen LogP contribution in [0.2, 0.25) is 5.02 Å². The Morgan fingerprint density at radius 1 is 1.21 bits per heavy atom. The molecule has 0 amide bonds. The molecule has 1 fully saturated rings. The molecule has 0 bridgehead atoms. The third-order valence-corrected chi connectivity index (χ3v) is 7.92. The second-order valence-electron chi connectivity index (χ2n) is 7.90. The zero-order chi connectivity index (χ0) is 19.7. The standard InChI is InChI=1S/C23H18BrClN2OS/c1-12-7-15(24)10-19-21(12)18-9-14-8-16(25)5-6-17(14)27(18)23(28-19)20-11-26-22(29-20)13-3-2-4-13/h5-11,13,23H,2-4H2,1H3. The minimum atomic E-state index is -0.226. The van der Waals surface area contributed by atoms with Crippen LogP contribution in [0.15, 0.2) is 47.1 Å². The Hall–Kier alpha value is -1.82. The second kappa shape index (κ2) is 6.59. The van der Waals surface area contributed by atoms with Crippen molar-refractivity contribution >= 4 is 49.8 Å². The molecule has 1 atom stereocenters. The molecule has 3 nitrogen and oxygen atoms in total. The number of benzene rings is 2. The van der Waals surface area contributed by atoms with Gasteiger partial charge in [0.2, 0.25) is 6.23 Å². The van der Waals surface area contributed by atoms with Gasteiger partial charge in [0.1, 0.15) is 5.75 Å². The van der Waals surface area contributed by atoms with Gasteiger partial charge in [0, 0.05) is 32.6 Å². The van der Waals surface area contributed by atoms with Crippen molar-refractivity contribution in [3.05, 3.63) is 67.5 Å². The molecule has 0 N–H and O–H groups in total. The molecule has 1 saturated carbocycles. The summed E-state index contributed by atoms with van der Waals surface area (Å²) in [6.07, 6.45) is 5.60. The molecular formula is C23H18BrClN2OS. The Morgan fingerprint density at radius 2 is 2.07 bits per heavy atom. The lowest BCUT2D eigenvalue weighted by Crippen LogP contribution is -2.21. The molecular weight excluding hydrogens is 468 g/mol. The summed E-state index contributed by atoms with van der Waals surface area (Å²) in [5.74, 6) is 1.53. The fraction of sp³-hybridized carbons (Fsp3) is 0.261. The third kappa shape index (κ3) is 2.78. The van der Waals surface area contributed by atoms with Gasteiger partial charge in [-0.2, -0.15) is 0 Å². The Balaban J connectivity index is 1.59. The first-order valence-corrected chi connectivity index (χ1v) is 11.8. The summed E-state index contributed by atoms with van der Waals surface area (Å²) < 4.78 is 9.94. The van der Waals surface area contributed by atoms with Crippen molar-refractivity contribution in [2.75, 3.05) is 0 Å². The Kier molecular flexibility index (Phi) is 4.09. The molecule has 146 valence electrons. The Morgan fingerprint density at radius 3 is 2.86 bits per heavy atom. The van der Waals surface area contributed by atoms with Gasteiger partial charge in [-0.3, -0.25) is 4.57 Å². The van der Waals surface area contributed by atoms with Crippen LogP contribution in [0.25, 0.3) is 22.2 Å². The molecule has 0 radical (unpaired) electrons. The van der Waals surface area contributed by atoms with E-state index in [2.05, 4.69) is 51.7 Å². The van der Waals surface area contributed by atoms with Crippen molar-refractivity contribution in [1.82, 2.24) is 9.55 Å². The highest BCUT2D eigenvalue weighted by Gasteiger charge is 2.32. The van der Waals surface area contributed by atoms with E-state index in [1.54, 1.807) is 11.3 Å². The van der Waals surface area contributed by atoms with Crippen molar-refractivity contribution in [3.8, 4) is 17.0 Å². The van der Waals surface area contributed by atoms with Crippen LogP contribution in [0, 0.1) is 6.92 Å². The summed E-state index contributed by atoms with van der Waals surface area (Å²) in [5.41, 5.74) is 4.61. The number of fused-ring (bicyclic) bond motifs is 5. The number of hydrogen-bond acceptors (Lipinski definition) is 3. The van der Waals surface area contributed by atoms with Crippen LogP contribution in [-0.2, 0) is 0 Å². The van der Waals surface area contributed by atoms with Gasteiger partial charge in [-0.1, -0.05) is 34.0 Å². The highest BCUT2D eigenvalue weighted by molar-refractivity contribution is 9.10. The van der Waals surface area contributed by atoms with Crippen LogP contribution in [-0.4, -0.2) is 9.55 Å². The Labute approximate surface area is 186 Å². The third-order valence-electron chi connectivity index (χ3n) is 6.03. The molecule has 4 aromatic rings. The van der Waals surface area contributed by atoms with Crippen LogP contribution in [0.3, 0.4) is 0 Å². The monoisotopic (exact) mass is 484 g/mol. The summed E-state index contributed by atoms with van der Waals surface area (Å²) >= 11 is 11.7. The summed E-state index contributed by atoms with van der Waals surface area (Å²) in [5, 5.41) is 3.11. The average molecular weight is 486 g/mol. The van der Waals surface area contributed by atoms with Gasteiger partial charge in [0.15, 0.2) is 0 Å². The lowest BCUT2D eigenvalue weighted by molar-refractivity contribution is 0.176. The number of rotatable bonds is 2. The second-order valence-corrected chi connectivity index (χ2v) is 10.3. The van der Waals surface area contributed by atoms with Gasteiger partial charge in [0.05, 0.1) is 21.1 Å². The van der Waals surface area contributed by atoms with Crippen LogP contribution in [0.1, 0.15) is 46.9 Å². The predicted molar refractivity (Wildman–Crippen MR) is 122 cm³/mol. The maximum absolute atomic E-state index is 6.62. The fourth-order valence-electron chi connectivity index (χ4n) is 4.40. The molecule has 2 aliphatic rings. The zero-order valence-electron chi connectivity index (χ0n) is 15.8. The highest BCUT2D eigenvalue weighted by atomic mass is 79.9. The van der Waals surface area contributed by atoms with Crippen LogP contribution in [0.4, 0.5) is 0 Å². The van der Waals surface area contributed by atoms with Crippen molar-refractivity contribution < 1.29 is 4.74 Å². The van der Waals surface area contributed by atoms with Gasteiger partial charge < -0.3 is 4.74 Å². The largest absolute Gasteiger partial charge is 0.464 e. The maximum Gasteiger partial charge on any atom is 0.213 e. The summed E-state index contributed by atoms with van der Waals surface area (Å²) in [6, 6.07) is 12.5. The van der Waals surface area contributed by atoms with E-state index in [4.69, 9.17) is 21.3 Å². The molecule has 2 aromatic heterocycles. The minimum Gasteiger partial charge on any atom is -0.464 e. The van der Waals surface area contributed by atoms with E-state index < -0.39 is 0 Å². The molecule has 6 heteroatoms. The SMILES string of the molecule is Cc1cc(Br)cc2c1-c1cc3cc(Cl)ccc3n1C(c1cnc(C3CCC3)s1)O2. The van der Waals surface area contributed by atoms with E-state index in [9.17, 15) is 0 Å². The number of halogens is 2. The van der Waals surface area contributed by atoms with Gasteiger partial charge in [-0.05, 0) is 61.7 Å². The van der Waals surface area contributed by atoms with E-state index in [1.807, 2.05) is 18.3 Å². The number of thiazole rings is 1. The van der Waals surface area contributed by atoms with E-state index in [-0.39, 0.29) is 6.23 Å². The number of ether oxygens (including phenoxy) is 1. The molecule has 1 aliphatic carbocycles.